The van der Waals surface area contributed by atoms with Crippen LogP contribution in [0.1, 0.15) is 11.1 Å². The van der Waals surface area contributed by atoms with E-state index in [1.165, 1.54) is 7.11 Å². The van der Waals surface area contributed by atoms with Gasteiger partial charge in [0.2, 0.25) is 0 Å². The van der Waals surface area contributed by atoms with Crippen molar-refractivity contribution in [1.82, 2.24) is 0 Å². The van der Waals surface area contributed by atoms with Gasteiger partial charge in [0.1, 0.15) is 6.04 Å². The third kappa shape index (κ3) is 3.47. The van der Waals surface area contributed by atoms with Crippen LogP contribution in [-0.2, 0) is 16.0 Å². The fourth-order valence-corrected chi connectivity index (χ4v) is 2.14. The maximum absolute atomic E-state index is 11.3. The summed E-state index contributed by atoms with van der Waals surface area (Å²) in [6, 6.07) is 16.6. The van der Waals surface area contributed by atoms with Gasteiger partial charge >= 0.3 is 5.97 Å². The quantitative estimate of drug-likeness (QED) is 0.872. The molecule has 0 spiro atoms. The summed E-state index contributed by atoms with van der Waals surface area (Å²) in [5, 5.41) is 9.12. The van der Waals surface area contributed by atoms with E-state index in [0.29, 0.717) is 12.0 Å². The topological polar surface area (TPSA) is 76.1 Å². The van der Waals surface area contributed by atoms with Crippen molar-refractivity contribution in [3.8, 4) is 17.2 Å². The van der Waals surface area contributed by atoms with Crippen molar-refractivity contribution < 1.29 is 9.53 Å². The van der Waals surface area contributed by atoms with Crippen molar-refractivity contribution in [1.29, 1.82) is 5.26 Å². The van der Waals surface area contributed by atoms with Crippen LogP contribution in [0.15, 0.2) is 48.5 Å². The molecule has 2 aromatic carbocycles. The maximum Gasteiger partial charge on any atom is 0.322 e. The van der Waals surface area contributed by atoms with E-state index in [1.54, 1.807) is 6.07 Å². The molecule has 4 heteroatoms. The van der Waals surface area contributed by atoms with Gasteiger partial charge in [0.25, 0.3) is 0 Å². The number of hydrogen-bond donors (Lipinski definition) is 1. The summed E-state index contributed by atoms with van der Waals surface area (Å²) >= 11 is 0. The average molecular weight is 280 g/mol. The molecule has 2 aromatic rings. The summed E-state index contributed by atoms with van der Waals surface area (Å²) in [4.78, 5) is 11.3. The summed E-state index contributed by atoms with van der Waals surface area (Å²) in [7, 11) is 1.32. The lowest BCUT2D eigenvalue weighted by atomic mass is 9.98. The standard InChI is InChI=1S/C17H16N2O2/c1-21-17(20)16(19)10-12-6-8-13(9-7-12)15-5-3-2-4-14(15)11-18/h2-9,16H,10,19H2,1H3/t16-/m0/s1. The number of methoxy groups -OCH3 is 1. The molecule has 0 bridgehead atoms. The summed E-state index contributed by atoms with van der Waals surface area (Å²) in [5.41, 5.74) is 9.18. The molecule has 0 aliphatic rings. The van der Waals surface area contributed by atoms with Crippen LogP contribution in [0.2, 0.25) is 0 Å². The molecule has 0 aliphatic carbocycles. The number of nitrogens with zero attached hydrogens (tertiary/aromatic N) is 1. The second-order valence-corrected chi connectivity index (χ2v) is 4.69. The van der Waals surface area contributed by atoms with Crippen LogP contribution < -0.4 is 5.73 Å². The van der Waals surface area contributed by atoms with Crippen LogP contribution in [0.4, 0.5) is 0 Å². The molecule has 2 rings (SSSR count). The van der Waals surface area contributed by atoms with Gasteiger partial charge in [0.05, 0.1) is 18.7 Å². The monoisotopic (exact) mass is 280 g/mol. The van der Waals surface area contributed by atoms with E-state index >= 15 is 0 Å². The number of rotatable bonds is 4. The molecule has 0 radical (unpaired) electrons. The molecule has 0 aromatic heterocycles. The normalized spacial score (nSPS) is 11.5. The fraction of sp³-hybridized carbons (Fsp3) is 0.176. The molecule has 21 heavy (non-hydrogen) atoms. The first-order valence-corrected chi connectivity index (χ1v) is 6.57. The molecule has 0 saturated heterocycles. The van der Waals surface area contributed by atoms with Crippen LogP contribution in [0.3, 0.4) is 0 Å². The molecule has 0 aliphatic heterocycles. The van der Waals surface area contributed by atoms with Gasteiger partial charge in [-0.2, -0.15) is 5.26 Å². The van der Waals surface area contributed by atoms with Crippen molar-refractivity contribution in [2.24, 2.45) is 5.73 Å². The molecule has 2 N–H and O–H groups in total. The van der Waals surface area contributed by atoms with E-state index in [2.05, 4.69) is 10.8 Å². The summed E-state index contributed by atoms with van der Waals surface area (Å²) in [6.07, 6.45) is 0.423. The van der Waals surface area contributed by atoms with Gasteiger partial charge in [-0.1, -0.05) is 42.5 Å². The zero-order valence-electron chi connectivity index (χ0n) is 11.7. The minimum absolute atomic E-state index is 0.422. The molecular formula is C17H16N2O2. The Morgan fingerprint density at radius 2 is 1.90 bits per heavy atom. The number of ether oxygens (including phenoxy) is 1. The van der Waals surface area contributed by atoms with Gasteiger partial charge in [-0.3, -0.25) is 4.79 Å². The highest BCUT2D eigenvalue weighted by Gasteiger charge is 2.14. The highest BCUT2D eigenvalue weighted by molar-refractivity contribution is 5.76. The Balaban J connectivity index is 2.20. The molecule has 0 fully saturated rings. The number of nitriles is 1. The lowest BCUT2D eigenvalue weighted by molar-refractivity contribution is -0.142. The van der Waals surface area contributed by atoms with E-state index in [1.807, 2.05) is 42.5 Å². The molecule has 0 unspecified atom stereocenters. The van der Waals surface area contributed by atoms with E-state index in [0.717, 1.165) is 16.7 Å². The number of benzene rings is 2. The molecule has 0 heterocycles. The van der Waals surface area contributed by atoms with Crippen LogP contribution in [0.5, 0.6) is 0 Å². The zero-order valence-corrected chi connectivity index (χ0v) is 11.7. The Labute approximate surface area is 123 Å². The van der Waals surface area contributed by atoms with Crippen molar-refractivity contribution in [2.45, 2.75) is 12.5 Å². The molecule has 106 valence electrons. The van der Waals surface area contributed by atoms with Crippen molar-refractivity contribution in [3.05, 3.63) is 59.7 Å². The first-order chi connectivity index (χ1) is 10.2. The number of carbonyl (C=O) groups is 1. The van der Waals surface area contributed by atoms with Crippen molar-refractivity contribution in [3.63, 3.8) is 0 Å². The summed E-state index contributed by atoms with van der Waals surface area (Å²) in [6.45, 7) is 0. The minimum atomic E-state index is -0.660. The van der Waals surface area contributed by atoms with E-state index in [4.69, 9.17) is 11.0 Å². The predicted octanol–water partition coefficient (Wildman–Crippen LogP) is 2.27. The van der Waals surface area contributed by atoms with Crippen LogP contribution in [0.25, 0.3) is 11.1 Å². The van der Waals surface area contributed by atoms with Crippen molar-refractivity contribution >= 4 is 5.97 Å². The summed E-state index contributed by atoms with van der Waals surface area (Å²) < 4.78 is 4.61. The molecule has 4 nitrogen and oxygen atoms in total. The predicted molar refractivity (Wildman–Crippen MR) is 80.3 cm³/mol. The Bertz CT molecular complexity index is 672. The second-order valence-electron chi connectivity index (χ2n) is 4.69. The number of esters is 1. The van der Waals surface area contributed by atoms with E-state index in [9.17, 15) is 4.79 Å². The fourth-order valence-electron chi connectivity index (χ4n) is 2.14. The lowest BCUT2D eigenvalue weighted by Gasteiger charge is -2.10. The molecule has 0 amide bonds. The smallest absolute Gasteiger partial charge is 0.322 e. The lowest BCUT2D eigenvalue weighted by Crippen LogP contribution is -2.33. The minimum Gasteiger partial charge on any atom is -0.468 e. The SMILES string of the molecule is COC(=O)[C@@H](N)Cc1ccc(-c2ccccc2C#N)cc1. The first kappa shape index (κ1) is 14.8. The first-order valence-electron chi connectivity index (χ1n) is 6.57. The Morgan fingerprint density at radius 1 is 1.24 bits per heavy atom. The third-order valence-corrected chi connectivity index (χ3v) is 3.27. The number of nitrogens with two attached hydrogens (primary N) is 1. The maximum atomic E-state index is 11.3. The van der Waals surface area contributed by atoms with Crippen LogP contribution in [0, 0.1) is 11.3 Å². The number of carbonyl (C=O) groups excluding carboxylic acids is 1. The van der Waals surface area contributed by atoms with Gasteiger partial charge < -0.3 is 10.5 Å². The highest BCUT2D eigenvalue weighted by atomic mass is 16.5. The van der Waals surface area contributed by atoms with Gasteiger partial charge in [-0.05, 0) is 29.2 Å². The van der Waals surface area contributed by atoms with Gasteiger partial charge in [0.15, 0.2) is 0 Å². The zero-order chi connectivity index (χ0) is 15.2. The van der Waals surface area contributed by atoms with Gasteiger partial charge in [0, 0.05) is 0 Å². The Hall–Kier alpha value is -2.64. The third-order valence-electron chi connectivity index (χ3n) is 3.27. The molecule has 1 atom stereocenters. The van der Waals surface area contributed by atoms with Crippen LogP contribution >= 0.6 is 0 Å². The van der Waals surface area contributed by atoms with E-state index < -0.39 is 12.0 Å². The summed E-state index contributed by atoms with van der Waals surface area (Å²) in [5.74, 6) is -0.422. The molecule has 0 saturated carbocycles. The average Bonchev–Trinajstić information content (AvgIpc) is 2.54. The van der Waals surface area contributed by atoms with Crippen LogP contribution in [-0.4, -0.2) is 19.1 Å². The molecular weight excluding hydrogens is 264 g/mol. The second kappa shape index (κ2) is 6.69. The van der Waals surface area contributed by atoms with Crippen molar-refractivity contribution in [2.75, 3.05) is 7.11 Å². The largest absolute Gasteiger partial charge is 0.468 e. The van der Waals surface area contributed by atoms with E-state index in [-0.39, 0.29) is 0 Å². The Kier molecular flexibility index (Phi) is 4.70. The Morgan fingerprint density at radius 3 is 2.52 bits per heavy atom. The number of hydrogen-bond acceptors (Lipinski definition) is 4. The van der Waals surface area contributed by atoms with Gasteiger partial charge in [-0.15, -0.1) is 0 Å². The highest BCUT2D eigenvalue weighted by Crippen LogP contribution is 2.23. The van der Waals surface area contributed by atoms with Gasteiger partial charge in [-0.25, -0.2) is 0 Å².